The molecule has 0 atom stereocenters. The van der Waals surface area contributed by atoms with E-state index in [2.05, 4.69) is 4.98 Å². The largest absolute Gasteiger partial charge is 0.416 e. The van der Waals surface area contributed by atoms with E-state index in [-0.39, 0.29) is 24.8 Å². The molecule has 110 valence electrons. The van der Waals surface area contributed by atoms with Crippen molar-refractivity contribution in [1.82, 2.24) is 4.98 Å². The van der Waals surface area contributed by atoms with Crippen molar-refractivity contribution in [2.24, 2.45) is 5.73 Å². The molecule has 7 heteroatoms. The molecule has 0 radical (unpaired) electrons. The third-order valence-corrected chi connectivity index (χ3v) is 2.65. The highest BCUT2D eigenvalue weighted by Gasteiger charge is 2.29. The van der Waals surface area contributed by atoms with E-state index in [9.17, 15) is 13.2 Å². The van der Waals surface area contributed by atoms with Gasteiger partial charge in [0, 0.05) is 24.5 Å². The minimum atomic E-state index is -4.32. The van der Waals surface area contributed by atoms with Crippen LogP contribution in [0.3, 0.4) is 0 Å². The standard InChI is InChI=1S/C13H11F3N2.2ClH/c14-13(15,16)11-3-1-9(2-4-11)12-8-18-6-5-10(12)7-17;;/h1-6,8H,7,17H2;2*1H. The van der Waals surface area contributed by atoms with Crippen LogP contribution in [-0.2, 0) is 12.7 Å². The van der Waals surface area contributed by atoms with Crippen LogP contribution in [-0.4, -0.2) is 4.98 Å². The SMILES string of the molecule is Cl.Cl.NCc1ccncc1-c1ccc(C(F)(F)F)cc1. The Hall–Kier alpha value is -1.30. The van der Waals surface area contributed by atoms with Crippen LogP contribution in [0.2, 0.25) is 0 Å². The molecule has 0 saturated carbocycles. The van der Waals surface area contributed by atoms with E-state index in [1.807, 2.05) is 0 Å². The molecule has 1 aromatic heterocycles. The second-order valence-corrected chi connectivity index (χ2v) is 3.81. The van der Waals surface area contributed by atoms with Gasteiger partial charge in [-0.1, -0.05) is 12.1 Å². The summed E-state index contributed by atoms with van der Waals surface area (Å²) in [6.07, 6.45) is -1.11. The van der Waals surface area contributed by atoms with Gasteiger partial charge in [0.1, 0.15) is 0 Å². The number of hydrogen-bond donors (Lipinski definition) is 1. The monoisotopic (exact) mass is 324 g/mol. The first-order valence-corrected chi connectivity index (χ1v) is 5.33. The second-order valence-electron chi connectivity index (χ2n) is 3.81. The maximum absolute atomic E-state index is 12.4. The number of nitrogens with two attached hydrogens (primary N) is 1. The highest BCUT2D eigenvalue weighted by molar-refractivity contribution is 5.85. The van der Waals surface area contributed by atoms with Crippen LogP contribution in [0, 0.1) is 0 Å². The molecule has 20 heavy (non-hydrogen) atoms. The molecule has 2 aromatic rings. The fourth-order valence-electron chi connectivity index (χ4n) is 1.70. The van der Waals surface area contributed by atoms with Crippen LogP contribution in [0.15, 0.2) is 42.7 Å². The summed E-state index contributed by atoms with van der Waals surface area (Å²) in [5.74, 6) is 0. The van der Waals surface area contributed by atoms with E-state index in [0.29, 0.717) is 12.1 Å². The molecule has 0 unspecified atom stereocenters. The Labute approximate surface area is 127 Å². The summed E-state index contributed by atoms with van der Waals surface area (Å²) >= 11 is 0. The third kappa shape index (κ3) is 4.10. The second kappa shape index (κ2) is 7.47. The molecule has 1 aromatic carbocycles. The number of benzene rings is 1. The number of nitrogens with zero attached hydrogens (tertiary/aromatic N) is 1. The summed E-state index contributed by atoms with van der Waals surface area (Å²) in [6, 6.07) is 6.73. The molecule has 0 bridgehead atoms. The average molecular weight is 325 g/mol. The first-order valence-electron chi connectivity index (χ1n) is 5.33. The Morgan fingerprint density at radius 2 is 1.60 bits per heavy atom. The molecule has 0 aliphatic carbocycles. The number of hydrogen-bond acceptors (Lipinski definition) is 2. The van der Waals surface area contributed by atoms with Gasteiger partial charge in [-0.15, -0.1) is 24.8 Å². The van der Waals surface area contributed by atoms with Gasteiger partial charge in [0.05, 0.1) is 5.56 Å². The van der Waals surface area contributed by atoms with Crippen molar-refractivity contribution >= 4 is 24.8 Å². The van der Waals surface area contributed by atoms with Gasteiger partial charge in [0.25, 0.3) is 0 Å². The van der Waals surface area contributed by atoms with E-state index in [0.717, 1.165) is 23.3 Å². The molecule has 2 nitrogen and oxygen atoms in total. The van der Waals surface area contributed by atoms with Gasteiger partial charge in [0.2, 0.25) is 0 Å². The molecule has 2 N–H and O–H groups in total. The Morgan fingerprint density at radius 3 is 2.10 bits per heavy atom. The predicted molar refractivity (Wildman–Crippen MR) is 77.1 cm³/mol. The molecular formula is C13H13Cl2F3N2. The minimum Gasteiger partial charge on any atom is -0.326 e. The van der Waals surface area contributed by atoms with E-state index in [4.69, 9.17) is 5.73 Å². The van der Waals surface area contributed by atoms with E-state index in [1.165, 1.54) is 12.1 Å². The fraction of sp³-hybridized carbons (Fsp3) is 0.154. The Kier molecular flexibility index (Phi) is 6.99. The number of aromatic nitrogens is 1. The molecular weight excluding hydrogens is 312 g/mol. The Balaban J connectivity index is 0.00000180. The van der Waals surface area contributed by atoms with E-state index in [1.54, 1.807) is 18.5 Å². The van der Waals surface area contributed by atoms with Gasteiger partial charge < -0.3 is 5.73 Å². The van der Waals surface area contributed by atoms with Crippen molar-refractivity contribution in [3.63, 3.8) is 0 Å². The molecule has 0 fully saturated rings. The van der Waals surface area contributed by atoms with Gasteiger partial charge in [-0.3, -0.25) is 4.98 Å². The summed E-state index contributed by atoms with van der Waals surface area (Å²) in [5.41, 5.74) is 7.20. The third-order valence-electron chi connectivity index (χ3n) is 2.65. The smallest absolute Gasteiger partial charge is 0.326 e. The van der Waals surface area contributed by atoms with E-state index >= 15 is 0 Å². The van der Waals surface area contributed by atoms with Crippen molar-refractivity contribution in [2.75, 3.05) is 0 Å². The van der Waals surface area contributed by atoms with Gasteiger partial charge in [-0.2, -0.15) is 13.2 Å². The van der Waals surface area contributed by atoms with Crippen molar-refractivity contribution in [1.29, 1.82) is 0 Å². The fourth-order valence-corrected chi connectivity index (χ4v) is 1.70. The number of halogens is 5. The lowest BCUT2D eigenvalue weighted by Crippen LogP contribution is -2.04. The number of pyridine rings is 1. The van der Waals surface area contributed by atoms with Crippen LogP contribution in [0.4, 0.5) is 13.2 Å². The molecule has 1 heterocycles. The zero-order chi connectivity index (χ0) is 13.2. The van der Waals surface area contributed by atoms with Crippen LogP contribution in [0.25, 0.3) is 11.1 Å². The Bertz CT molecular complexity index is 542. The van der Waals surface area contributed by atoms with Crippen LogP contribution in [0.1, 0.15) is 11.1 Å². The topological polar surface area (TPSA) is 38.9 Å². The Morgan fingerprint density at radius 1 is 1.00 bits per heavy atom. The van der Waals surface area contributed by atoms with Crippen molar-refractivity contribution in [2.45, 2.75) is 12.7 Å². The summed E-state index contributed by atoms with van der Waals surface area (Å²) in [5, 5.41) is 0. The van der Waals surface area contributed by atoms with Crippen molar-refractivity contribution in [3.8, 4) is 11.1 Å². The summed E-state index contributed by atoms with van der Waals surface area (Å²) in [6.45, 7) is 0.318. The van der Waals surface area contributed by atoms with Crippen LogP contribution < -0.4 is 5.73 Å². The first-order chi connectivity index (χ1) is 8.52. The average Bonchev–Trinajstić information content (AvgIpc) is 2.38. The summed E-state index contributed by atoms with van der Waals surface area (Å²) in [4.78, 5) is 3.96. The quantitative estimate of drug-likeness (QED) is 0.904. The van der Waals surface area contributed by atoms with Gasteiger partial charge in [-0.05, 0) is 29.3 Å². The maximum atomic E-state index is 12.4. The lowest BCUT2D eigenvalue weighted by Gasteiger charge is -2.09. The molecule has 0 saturated heterocycles. The zero-order valence-corrected chi connectivity index (χ0v) is 11.9. The molecule has 2 rings (SSSR count). The van der Waals surface area contributed by atoms with Gasteiger partial charge >= 0.3 is 6.18 Å². The number of alkyl halides is 3. The minimum absolute atomic E-state index is 0. The molecule has 0 aliphatic rings. The first kappa shape index (κ1) is 18.7. The highest BCUT2D eigenvalue weighted by Crippen LogP contribution is 2.31. The normalized spacial score (nSPS) is 10.4. The van der Waals surface area contributed by atoms with Gasteiger partial charge in [-0.25, -0.2) is 0 Å². The van der Waals surface area contributed by atoms with Crippen molar-refractivity contribution in [3.05, 3.63) is 53.9 Å². The summed E-state index contributed by atoms with van der Waals surface area (Å²) < 4.78 is 37.3. The molecule has 0 aliphatic heterocycles. The lowest BCUT2D eigenvalue weighted by molar-refractivity contribution is -0.137. The zero-order valence-electron chi connectivity index (χ0n) is 10.2. The van der Waals surface area contributed by atoms with Gasteiger partial charge in [0.15, 0.2) is 0 Å². The molecule has 0 amide bonds. The molecule has 0 spiro atoms. The van der Waals surface area contributed by atoms with E-state index < -0.39 is 11.7 Å². The summed E-state index contributed by atoms with van der Waals surface area (Å²) in [7, 11) is 0. The van der Waals surface area contributed by atoms with Crippen LogP contribution in [0.5, 0.6) is 0 Å². The van der Waals surface area contributed by atoms with Crippen molar-refractivity contribution < 1.29 is 13.2 Å². The lowest BCUT2D eigenvalue weighted by atomic mass is 10.0. The predicted octanol–water partition coefficient (Wildman–Crippen LogP) is 4.07. The maximum Gasteiger partial charge on any atom is 0.416 e. The number of rotatable bonds is 2. The van der Waals surface area contributed by atoms with Crippen LogP contribution >= 0.6 is 24.8 Å². The highest BCUT2D eigenvalue weighted by atomic mass is 35.5.